The van der Waals surface area contributed by atoms with Gasteiger partial charge in [-0.05, 0) is 35.4 Å². The van der Waals surface area contributed by atoms with Crippen LogP contribution < -0.4 is 16.0 Å². The second-order valence-corrected chi connectivity index (χ2v) is 7.33. The molecule has 0 spiro atoms. The van der Waals surface area contributed by atoms with E-state index in [1.807, 2.05) is 24.3 Å². The molecule has 0 radical (unpaired) electrons. The Morgan fingerprint density at radius 2 is 1.87 bits per heavy atom. The number of rotatable bonds is 5. The largest absolute Gasteiger partial charge is 0.349 e. The van der Waals surface area contributed by atoms with E-state index in [2.05, 4.69) is 21.0 Å². The maximum atomic E-state index is 13.0. The molecule has 2 heterocycles. The minimum atomic E-state index is -1.45. The number of aryl methyl sites for hydroxylation is 1. The number of carbonyl (C=O) groups is 3. The lowest BCUT2D eigenvalue weighted by molar-refractivity contribution is -0.124. The predicted octanol–water partition coefficient (Wildman–Crippen LogP) is 2.21. The summed E-state index contributed by atoms with van der Waals surface area (Å²) in [5.74, 6) is -0.932. The maximum Gasteiger partial charge on any atom is 0.322 e. The summed E-state index contributed by atoms with van der Waals surface area (Å²) in [5.41, 5.74) is 0.995. The summed E-state index contributed by atoms with van der Waals surface area (Å²) in [6.45, 7) is -0.141. The molecule has 1 unspecified atom stereocenters. The number of nitrogens with one attached hydrogen (secondary N) is 3. The lowest BCUT2D eigenvalue weighted by atomic mass is 9.94. The lowest BCUT2D eigenvalue weighted by Crippen LogP contribution is -2.53. The van der Waals surface area contributed by atoms with E-state index >= 15 is 0 Å². The number of carbonyl (C=O) groups excluding carboxylic acids is 3. The van der Waals surface area contributed by atoms with Crippen molar-refractivity contribution in [3.8, 4) is 11.1 Å². The Balaban J connectivity index is 1.63. The summed E-state index contributed by atoms with van der Waals surface area (Å²) >= 11 is 5.97. The number of amides is 4. The number of nitrogens with zero attached hydrogens (tertiary/aromatic N) is 2. The van der Waals surface area contributed by atoms with Crippen LogP contribution in [0.4, 0.5) is 4.79 Å². The third-order valence-corrected chi connectivity index (χ3v) is 5.29. The zero-order valence-electron chi connectivity index (χ0n) is 16.0. The molecule has 3 N–H and O–H groups in total. The van der Waals surface area contributed by atoms with Crippen LogP contribution in [-0.4, -0.2) is 34.2 Å². The number of hydrogen-bond donors (Lipinski definition) is 3. The molecule has 0 aliphatic carbocycles. The van der Waals surface area contributed by atoms with E-state index in [4.69, 9.17) is 11.6 Å². The maximum absolute atomic E-state index is 13.0. The van der Waals surface area contributed by atoms with Gasteiger partial charge in [0.25, 0.3) is 11.8 Å². The van der Waals surface area contributed by atoms with Crippen LogP contribution in [0, 0.1) is 0 Å². The van der Waals surface area contributed by atoms with Crippen molar-refractivity contribution in [2.45, 2.75) is 5.54 Å². The van der Waals surface area contributed by atoms with E-state index in [0.29, 0.717) is 16.3 Å². The Bertz CT molecular complexity index is 1140. The highest BCUT2D eigenvalue weighted by Crippen LogP contribution is 2.27. The molecule has 1 aromatic heterocycles. The fourth-order valence-corrected chi connectivity index (χ4v) is 3.68. The second kappa shape index (κ2) is 7.64. The van der Waals surface area contributed by atoms with Crippen molar-refractivity contribution in [3.05, 3.63) is 77.1 Å². The molecule has 1 fully saturated rings. The third-order valence-electron chi connectivity index (χ3n) is 5.04. The van der Waals surface area contributed by atoms with Gasteiger partial charge < -0.3 is 10.6 Å². The van der Waals surface area contributed by atoms with Crippen LogP contribution in [-0.2, 0) is 17.4 Å². The van der Waals surface area contributed by atoms with Gasteiger partial charge in [0, 0.05) is 23.8 Å². The smallest absolute Gasteiger partial charge is 0.322 e. The minimum Gasteiger partial charge on any atom is -0.349 e. The topological polar surface area (TPSA) is 105 Å². The number of urea groups is 1. The van der Waals surface area contributed by atoms with Crippen molar-refractivity contribution >= 4 is 29.4 Å². The molecule has 0 bridgehead atoms. The van der Waals surface area contributed by atoms with Gasteiger partial charge in [-0.1, -0.05) is 41.9 Å². The Morgan fingerprint density at radius 3 is 2.50 bits per heavy atom. The molecule has 152 valence electrons. The van der Waals surface area contributed by atoms with Crippen LogP contribution >= 0.6 is 11.6 Å². The van der Waals surface area contributed by atoms with E-state index in [0.717, 1.165) is 11.1 Å². The van der Waals surface area contributed by atoms with Crippen molar-refractivity contribution in [2.75, 3.05) is 6.54 Å². The molecule has 8 nitrogen and oxygen atoms in total. The minimum absolute atomic E-state index is 0.141. The second-order valence-electron chi connectivity index (χ2n) is 6.89. The summed E-state index contributed by atoms with van der Waals surface area (Å²) in [6, 6.07) is 15.3. The molecule has 30 heavy (non-hydrogen) atoms. The zero-order valence-corrected chi connectivity index (χ0v) is 16.7. The van der Waals surface area contributed by atoms with Gasteiger partial charge in [0.05, 0.1) is 12.2 Å². The Hall–Kier alpha value is -3.65. The fourth-order valence-electron chi connectivity index (χ4n) is 3.55. The number of halogens is 1. The summed E-state index contributed by atoms with van der Waals surface area (Å²) in [7, 11) is 1.66. The van der Waals surface area contributed by atoms with Crippen molar-refractivity contribution in [1.82, 2.24) is 25.7 Å². The molecule has 0 saturated carbocycles. The molecule has 9 heteroatoms. The summed E-state index contributed by atoms with van der Waals surface area (Å²) in [5, 5.41) is 12.3. The van der Waals surface area contributed by atoms with E-state index < -0.39 is 17.5 Å². The van der Waals surface area contributed by atoms with Crippen LogP contribution in [0.5, 0.6) is 0 Å². The van der Waals surface area contributed by atoms with Crippen LogP contribution in [0.2, 0.25) is 5.02 Å². The van der Waals surface area contributed by atoms with Gasteiger partial charge in [-0.15, -0.1) is 0 Å². The monoisotopic (exact) mass is 423 g/mol. The first-order valence-electron chi connectivity index (χ1n) is 9.16. The molecule has 1 saturated heterocycles. The Kier molecular flexibility index (Phi) is 5.01. The van der Waals surface area contributed by atoms with E-state index in [9.17, 15) is 14.4 Å². The van der Waals surface area contributed by atoms with Gasteiger partial charge in [-0.3, -0.25) is 19.6 Å². The van der Waals surface area contributed by atoms with Crippen LogP contribution in [0.25, 0.3) is 11.1 Å². The predicted molar refractivity (Wildman–Crippen MR) is 111 cm³/mol. The molecular weight excluding hydrogens is 406 g/mol. The van der Waals surface area contributed by atoms with Gasteiger partial charge in [-0.25, -0.2) is 4.79 Å². The number of benzene rings is 2. The average Bonchev–Trinajstić information content (AvgIpc) is 3.29. The number of hydrogen-bond acceptors (Lipinski definition) is 4. The number of imide groups is 1. The summed E-state index contributed by atoms with van der Waals surface area (Å²) < 4.78 is 1.49. The van der Waals surface area contributed by atoms with Gasteiger partial charge >= 0.3 is 6.03 Å². The van der Waals surface area contributed by atoms with Crippen molar-refractivity contribution in [2.24, 2.45) is 7.05 Å². The molecule has 2 aromatic carbocycles. The average molecular weight is 424 g/mol. The molecule has 1 aliphatic heterocycles. The van der Waals surface area contributed by atoms with Crippen LogP contribution in [0.15, 0.2) is 60.8 Å². The van der Waals surface area contributed by atoms with Crippen molar-refractivity contribution < 1.29 is 14.4 Å². The van der Waals surface area contributed by atoms with Crippen LogP contribution in [0.1, 0.15) is 16.1 Å². The van der Waals surface area contributed by atoms with Gasteiger partial charge in [0.1, 0.15) is 0 Å². The molecular formula is C21H18ClN5O3. The SMILES string of the molecule is Cn1nccc1C1(CNC(=O)c2ccccc2-c2ccc(Cl)cc2)NC(=O)NC1=O. The van der Waals surface area contributed by atoms with Crippen molar-refractivity contribution in [3.63, 3.8) is 0 Å². The van der Waals surface area contributed by atoms with Crippen LogP contribution in [0.3, 0.4) is 0 Å². The standard InChI is InChI=1S/C21H18ClN5O3/c1-27-17(10-11-24-27)21(19(29)25-20(30)26-21)12-23-18(28)16-5-3-2-4-15(16)13-6-8-14(22)9-7-13/h2-11H,12H2,1H3,(H,23,28)(H2,25,26,29,30). The zero-order chi connectivity index (χ0) is 21.3. The summed E-state index contributed by atoms with van der Waals surface area (Å²) in [4.78, 5) is 37.5. The third kappa shape index (κ3) is 3.42. The Morgan fingerprint density at radius 1 is 1.13 bits per heavy atom. The highest BCUT2D eigenvalue weighted by Gasteiger charge is 2.49. The highest BCUT2D eigenvalue weighted by atomic mass is 35.5. The molecule has 3 aromatic rings. The van der Waals surface area contributed by atoms with Gasteiger partial charge in [0.2, 0.25) is 0 Å². The molecule has 1 aliphatic rings. The quantitative estimate of drug-likeness (QED) is 0.547. The molecule has 1 atom stereocenters. The first-order valence-corrected chi connectivity index (χ1v) is 9.54. The normalized spacial score (nSPS) is 18.1. The first-order chi connectivity index (χ1) is 14.4. The first kappa shape index (κ1) is 19.7. The lowest BCUT2D eigenvalue weighted by Gasteiger charge is -2.26. The molecule has 4 rings (SSSR count). The van der Waals surface area contributed by atoms with Gasteiger partial charge in [-0.2, -0.15) is 5.10 Å². The number of aromatic nitrogens is 2. The van der Waals surface area contributed by atoms with Gasteiger partial charge in [0.15, 0.2) is 5.54 Å². The fraction of sp³-hybridized carbons (Fsp3) is 0.143. The van der Waals surface area contributed by atoms with E-state index in [1.54, 1.807) is 37.4 Å². The summed E-state index contributed by atoms with van der Waals surface area (Å²) in [6.07, 6.45) is 1.52. The highest BCUT2D eigenvalue weighted by molar-refractivity contribution is 6.30. The Labute approximate surface area is 177 Å². The van der Waals surface area contributed by atoms with Crippen molar-refractivity contribution in [1.29, 1.82) is 0 Å². The van der Waals surface area contributed by atoms with E-state index in [1.165, 1.54) is 10.9 Å². The molecule has 4 amide bonds. The van der Waals surface area contributed by atoms with E-state index in [-0.39, 0.29) is 12.5 Å².